The van der Waals surface area contributed by atoms with Crippen LogP contribution in [0.5, 0.6) is 0 Å². The highest BCUT2D eigenvalue weighted by atomic mass is 16.2. The zero-order valence-corrected chi connectivity index (χ0v) is 12.3. The molecule has 0 aliphatic carbocycles. The Morgan fingerprint density at radius 2 is 2.14 bits per heavy atom. The lowest BCUT2D eigenvalue weighted by Gasteiger charge is -2.32. The minimum Gasteiger partial charge on any atom is -0.352 e. The van der Waals surface area contributed by atoms with Crippen molar-refractivity contribution in [1.82, 2.24) is 15.2 Å². The number of nitrogens with one attached hydrogen (secondary N) is 1. The smallest absolute Gasteiger partial charge is 0.255 e. The molecule has 1 aromatic rings. The van der Waals surface area contributed by atoms with Crippen LogP contribution in [0.2, 0.25) is 0 Å². The van der Waals surface area contributed by atoms with Crippen molar-refractivity contribution in [2.75, 3.05) is 19.6 Å². The molecule has 1 fully saturated rings. The Kier molecular flexibility index (Phi) is 5.09. The molecule has 2 heterocycles. The standard InChI is InChI=1S/C16H21N3O2/c1-12(2)15(20)18-10-13-5-8-19(9-6-13)16(21)14-4-3-7-17-11-14/h3-4,7,11,13H,1,5-6,8-10H2,2H3,(H,18,20). The number of carbonyl (C=O) groups is 2. The molecule has 21 heavy (non-hydrogen) atoms. The van der Waals surface area contributed by atoms with E-state index in [0.29, 0.717) is 23.6 Å². The summed E-state index contributed by atoms with van der Waals surface area (Å²) in [6.45, 7) is 7.42. The van der Waals surface area contributed by atoms with Crippen LogP contribution < -0.4 is 5.32 Å². The second-order valence-corrected chi connectivity index (χ2v) is 5.47. The Morgan fingerprint density at radius 1 is 1.43 bits per heavy atom. The van der Waals surface area contributed by atoms with Crippen LogP contribution >= 0.6 is 0 Å². The van der Waals surface area contributed by atoms with Crippen molar-refractivity contribution in [2.24, 2.45) is 5.92 Å². The largest absolute Gasteiger partial charge is 0.352 e. The Balaban J connectivity index is 1.79. The lowest BCUT2D eigenvalue weighted by Crippen LogP contribution is -2.41. The molecule has 0 radical (unpaired) electrons. The molecule has 112 valence electrons. The summed E-state index contributed by atoms with van der Waals surface area (Å²) >= 11 is 0. The van der Waals surface area contributed by atoms with E-state index in [1.54, 1.807) is 31.5 Å². The van der Waals surface area contributed by atoms with Crippen molar-refractivity contribution in [2.45, 2.75) is 19.8 Å². The van der Waals surface area contributed by atoms with Gasteiger partial charge in [0.1, 0.15) is 0 Å². The minimum atomic E-state index is -0.0936. The quantitative estimate of drug-likeness (QED) is 0.856. The van der Waals surface area contributed by atoms with Crippen LogP contribution in [0.3, 0.4) is 0 Å². The van der Waals surface area contributed by atoms with E-state index in [1.165, 1.54) is 0 Å². The van der Waals surface area contributed by atoms with Gasteiger partial charge in [-0.1, -0.05) is 6.58 Å². The monoisotopic (exact) mass is 287 g/mol. The number of nitrogens with zero attached hydrogens (tertiary/aromatic N) is 2. The summed E-state index contributed by atoms with van der Waals surface area (Å²) in [4.78, 5) is 29.6. The van der Waals surface area contributed by atoms with Gasteiger partial charge >= 0.3 is 0 Å². The number of rotatable bonds is 4. The van der Waals surface area contributed by atoms with Crippen molar-refractivity contribution in [3.8, 4) is 0 Å². The van der Waals surface area contributed by atoms with Crippen LogP contribution in [0.4, 0.5) is 0 Å². The molecule has 0 spiro atoms. The summed E-state index contributed by atoms with van der Waals surface area (Å²) in [5.41, 5.74) is 1.16. The fourth-order valence-corrected chi connectivity index (χ4v) is 2.40. The number of piperidine rings is 1. The first-order valence-corrected chi connectivity index (χ1v) is 7.21. The van der Waals surface area contributed by atoms with E-state index in [-0.39, 0.29) is 11.8 Å². The van der Waals surface area contributed by atoms with E-state index in [0.717, 1.165) is 25.9 Å². The Bertz CT molecular complexity index is 520. The fourth-order valence-electron chi connectivity index (χ4n) is 2.40. The maximum atomic E-state index is 12.3. The maximum Gasteiger partial charge on any atom is 0.255 e. The number of amides is 2. The van der Waals surface area contributed by atoms with Crippen LogP contribution in [-0.2, 0) is 4.79 Å². The van der Waals surface area contributed by atoms with Gasteiger partial charge in [-0.3, -0.25) is 14.6 Å². The van der Waals surface area contributed by atoms with Gasteiger partial charge < -0.3 is 10.2 Å². The Hall–Kier alpha value is -2.17. The summed E-state index contributed by atoms with van der Waals surface area (Å²) in [5, 5.41) is 2.88. The summed E-state index contributed by atoms with van der Waals surface area (Å²) in [6, 6.07) is 3.56. The number of likely N-dealkylation sites (tertiary alicyclic amines) is 1. The van der Waals surface area contributed by atoms with E-state index in [9.17, 15) is 9.59 Å². The SMILES string of the molecule is C=C(C)C(=O)NCC1CCN(C(=O)c2cccnc2)CC1. The molecule has 0 bridgehead atoms. The third-order valence-electron chi connectivity index (χ3n) is 3.75. The zero-order chi connectivity index (χ0) is 15.2. The molecule has 2 rings (SSSR count). The number of hydrogen-bond donors (Lipinski definition) is 1. The van der Waals surface area contributed by atoms with Crippen LogP contribution in [-0.4, -0.2) is 41.3 Å². The molecule has 1 N–H and O–H groups in total. The van der Waals surface area contributed by atoms with Gasteiger partial charge in [0.2, 0.25) is 5.91 Å². The van der Waals surface area contributed by atoms with Gasteiger partial charge in [0.15, 0.2) is 0 Å². The Labute approximate surface area is 125 Å². The maximum absolute atomic E-state index is 12.3. The lowest BCUT2D eigenvalue weighted by atomic mass is 9.96. The highest BCUT2D eigenvalue weighted by Gasteiger charge is 2.23. The van der Waals surface area contributed by atoms with Gasteiger partial charge in [-0.2, -0.15) is 0 Å². The molecule has 1 aliphatic heterocycles. The second kappa shape index (κ2) is 7.02. The molecule has 5 nitrogen and oxygen atoms in total. The molecular weight excluding hydrogens is 266 g/mol. The van der Waals surface area contributed by atoms with E-state index < -0.39 is 0 Å². The summed E-state index contributed by atoms with van der Waals surface area (Å²) in [5.74, 6) is 0.364. The third-order valence-corrected chi connectivity index (χ3v) is 3.75. The average Bonchev–Trinajstić information content (AvgIpc) is 2.53. The molecule has 1 saturated heterocycles. The zero-order valence-electron chi connectivity index (χ0n) is 12.3. The first kappa shape index (κ1) is 15.2. The van der Waals surface area contributed by atoms with Crippen molar-refractivity contribution < 1.29 is 9.59 Å². The van der Waals surface area contributed by atoms with Gasteiger partial charge in [-0.25, -0.2) is 0 Å². The number of hydrogen-bond acceptors (Lipinski definition) is 3. The van der Waals surface area contributed by atoms with Crippen LogP contribution in [0, 0.1) is 5.92 Å². The molecule has 5 heteroatoms. The molecule has 0 aromatic carbocycles. The number of pyridine rings is 1. The minimum absolute atomic E-state index is 0.0347. The van der Waals surface area contributed by atoms with Crippen LogP contribution in [0.1, 0.15) is 30.1 Å². The molecule has 1 aromatic heterocycles. The topological polar surface area (TPSA) is 62.3 Å². The highest BCUT2D eigenvalue weighted by molar-refractivity contribution is 5.94. The van der Waals surface area contributed by atoms with E-state index in [2.05, 4.69) is 16.9 Å². The van der Waals surface area contributed by atoms with E-state index >= 15 is 0 Å². The summed E-state index contributed by atoms with van der Waals surface area (Å²) in [7, 11) is 0. The van der Waals surface area contributed by atoms with Gasteiger partial charge in [0.05, 0.1) is 5.56 Å². The molecule has 0 saturated carbocycles. The summed E-state index contributed by atoms with van der Waals surface area (Å²) < 4.78 is 0. The van der Waals surface area contributed by atoms with Crippen LogP contribution in [0.25, 0.3) is 0 Å². The number of carbonyl (C=O) groups excluding carboxylic acids is 2. The van der Waals surface area contributed by atoms with Gasteiger partial charge in [0.25, 0.3) is 5.91 Å². The fraction of sp³-hybridized carbons (Fsp3) is 0.438. The second-order valence-electron chi connectivity index (χ2n) is 5.47. The molecule has 0 atom stereocenters. The van der Waals surface area contributed by atoms with E-state index in [1.807, 2.05) is 4.90 Å². The van der Waals surface area contributed by atoms with E-state index in [4.69, 9.17) is 0 Å². The third kappa shape index (κ3) is 4.15. The first-order chi connectivity index (χ1) is 10.1. The Morgan fingerprint density at radius 3 is 2.71 bits per heavy atom. The highest BCUT2D eigenvalue weighted by Crippen LogP contribution is 2.18. The lowest BCUT2D eigenvalue weighted by molar-refractivity contribution is -0.117. The average molecular weight is 287 g/mol. The molecule has 1 aliphatic rings. The van der Waals surface area contributed by atoms with Crippen molar-refractivity contribution in [3.05, 3.63) is 42.2 Å². The van der Waals surface area contributed by atoms with Gasteiger partial charge in [0, 0.05) is 37.6 Å². The van der Waals surface area contributed by atoms with Crippen molar-refractivity contribution in [1.29, 1.82) is 0 Å². The first-order valence-electron chi connectivity index (χ1n) is 7.21. The predicted molar refractivity (Wildman–Crippen MR) is 80.7 cm³/mol. The van der Waals surface area contributed by atoms with Crippen LogP contribution in [0.15, 0.2) is 36.7 Å². The van der Waals surface area contributed by atoms with Crippen molar-refractivity contribution in [3.63, 3.8) is 0 Å². The van der Waals surface area contributed by atoms with Gasteiger partial charge in [-0.05, 0) is 37.8 Å². The molecule has 0 unspecified atom stereocenters. The predicted octanol–water partition coefficient (Wildman–Crippen LogP) is 1.63. The normalized spacial score (nSPS) is 15.6. The number of aromatic nitrogens is 1. The van der Waals surface area contributed by atoms with Crippen molar-refractivity contribution >= 4 is 11.8 Å². The molecular formula is C16H21N3O2. The summed E-state index contributed by atoms with van der Waals surface area (Å²) in [6.07, 6.45) is 5.07. The van der Waals surface area contributed by atoms with Gasteiger partial charge in [-0.15, -0.1) is 0 Å². The molecule has 2 amide bonds.